The average molecular weight is 285 g/mol. The summed E-state index contributed by atoms with van der Waals surface area (Å²) in [7, 11) is 0. The highest BCUT2D eigenvalue weighted by Gasteiger charge is 2.26. The van der Waals surface area contributed by atoms with Gasteiger partial charge in [-0.15, -0.1) is 0 Å². The molecule has 0 bridgehead atoms. The number of hydrogen-bond donors (Lipinski definition) is 2. The molecule has 3 N–H and O–H groups in total. The minimum Gasteiger partial charge on any atom is -0.481 e. The van der Waals surface area contributed by atoms with Crippen molar-refractivity contribution in [3.63, 3.8) is 0 Å². The Hall–Kier alpha value is -1.79. The average Bonchev–Trinajstić information content (AvgIpc) is 2.39. The number of urea groups is 1. The molecule has 0 radical (unpaired) electrons. The van der Waals surface area contributed by atoms with Crippen LogP contribution >= 0.6 is 0 Å². The predicted molar refractivity (Wildman–Crippen MR) is 73.0 cm³/mol. The molecule has 0 spiro atoms. The van der Waals surface area contributed by atoms with Crippen molar-refractivity contribution < 1.29 is 19.5 Å². The Labute approximate surface area is 118 Å². The van der Waals surface area contributed by atoms with Crippen LogP contribution in [0.2, 0.25) is 0 Å². The molecular formula is C13H23N3O4. The van der Waals surface area contributed by atoms with Gasteiger partial charge in [0.2, 0.25) is 5.91 Å². The van der Waals surface area contributed by atoms with Gasteiger partial charge in [0.1, 0.15) is 0 Å². The van der Waals surface area contributed by atoms with Crippen molar-refractivity contribution in [2.75, 3.05) is 26.2 Å². The summed E-state index contributed by atoms with van der Waals surface area (Å²) in [6.07, 6.45) is 1.87. The van der Waals surface area contributed by atoms with Crippen LogP contribution in [0, 0.1) is 5.92 Å². The number of carbonyl (C=O) groups is 3. The maximum absolute atomic E-state index is 12.2. The van der Waals surface area contributed by atoms with Gasteiger partial charge in [0.25, 0.3) is 0 Å². The van der Waals surface area contributed by atoms with E-state index in [2.05, 4.69) is 0 Å². The zero-order valence-corrected chi connectivity index (χ0v) is 11.9. The highest BCUT2D eigenvalue weighted by Crippen LogP contribution is 2.21. The normalized spacial score (nSPS) is 15.9. The molecule has 1 rings (SSSR count). The molecule has 0 aromatic rings. The summed E-state index contributed by atoms with van der Waals surface area (Å²) in [4.78, 5) is 36.9. The second-order valence-corrected chi connectivity index (χ2v) is 5.11. The summed E-state index contributed by atoms with van der Waals surface area (Å²) in [6, 6.07) is -0.119. The van der Waals surface area contributed by atoms with E-state index in [1.54, 1.807) is 9.80 Å². The Bertz CT molecular complexity index is 365. The van der Waals surface area contributed by atoms with Crippen molar-refractivity contribution >= 4 is 17.9 Å². The molecule has 1 aliphatic heterocycles. The van der Waals surface area contributed by atoms with Crippen LogP contribution in [-0.2, 0) is 9.59 Å². The Morgan fingerprint density at radius 1 is 1.30 bits per heavy atom. The lowest BCUT2D eigenvalue weighted by molar-refractivity contribution is -0.137. The van der Waals surface area contributed by atoms with Gasteiger partial charge in [-0.25, -0.2) is 4.79 Å². The van der Waals surface area contributed by atoms with E-state index in [4.69, 9.17) is 10.8 Å². The van der Waals surface area contributed by atoms with Gasteiger partial charge >= 0.3 is 12.0 Å². The van der Waals surface area contributed by atoms with Crippen molar-refractivity contribution in [3.05, 3.63) is 0 Å². The molecule has 0 unspecified atom stereocenters. The molecule has 20 heavy (non-hydrogen) atoms. The standard InChI is InChI=1S/C13H23N3O4/c1-2-15(8-5-12(18)19)13(20)16-6-3-10(4-7-16)9-11(14)17/h10H,2-9H2,1H3,(H2,14,17)(H,18,19). The van der Waals surface area contributed by atoms with Crippen LogP contribution in [0.25, 0.3) is 0 Å². The monoisotopic (exact) mass is 285 g/mol. The van der Waals surface area contributed by atoms with E-state index >= 15 is 0 Å². The van der Waals surface area contributed by atoms with Crippen molar-refractivity contribution in [3.8, 4) is 0 Å². The van der Waals surface area contributed by atoms with E-state index in [0.29, 0.717) is 26.1 Å². The first-order valence-electron chi connectivity index (χ1n) is 6.98. The fraction of sp³-hybridized carbons (Fsp3) is 0.769. The third-order valence-corrected chi connectivity index (χ3v) is 3.62. The third-order valence-electron chi connectivity index (χ3n) is 3.62. The van der Waals surface area contributed by atoms with E-state index < -0.39 is 5.97 Å². The highest BCUT2D eigenvalue weighted by atomic mass is 16.4. The molecule has 0 aromatic carbocycles. The topological polar surface area (TPSA) is 104 Å². The number of carbonyl (C=O) groups excluding carboxylic acids is 2. The van der Waals surface area contributed by atoms with E-state index in [1.165, 1.54) is 0 Å². The first kappa shape index (κ1) is 16.3. The number of rotatable bonds is 6. The van der Waals surface area contributed by atoms with Crippen LogP contribution in [0.5, 0.6) is 0 Å². The van der Waals surface area contributed by atoms with Gasteiger partial charge in [-0.1, -0.05) is 0 Å². The summed E-state index contributed by atoms with van der Waals surface area (Å²) < 4.78 is 0. The molecule has 7 nitrogen and oxygen atoms in total. The van der Waals surface area contributed by atoms with E-state index in [-0.39, 0.29) is 30.8 Å². The van der Waals surface area contributed by atoms with Crippen molar-refractivity contribution in [1.82, 2.24) is 9.80 Å². The largest absolute Gasteiger partial charge is 0.481 e. The molecule has 1 aliphatic rings. The number of aliphatic carboxylic acids is 1. The van der Waals surface area contributed by atoms with Gasteiger partial charge in [0.15, 0.2) is 0 Å². The quantitative estimate of drug-likeness (QED) is 0.741. The van der Waals surface area contributed by atoms with Crippen LogP contribution in [0.1, 0.15) is 32.6 Å². The van der Waals surface area contributed by atoms with E-state index in [9.17, 15) is 14.4 Å². The molecule has 114 valence electrons. The molecule has 1 saturated heterocycles. The lowest BCUT2D eigenvalue weighted by Gasteiger charge is -2.35. The number of piperidine rings is 1. The third kappa shape index (κ3) is 5.07. The fourth-order valence-corrected chi connectivity index (χ4v) is 2.43. The number of likely N-dealkylation sites (tertiary alicyclic amines) is 1. The van der Waals surface area contributed by atoms with Gasteiger partial charge < -0.3 is 20.6 Å². The number of hydrogen-bond acceptors (Lipinski definition) is 3. The summed E-state index contributed by atoms with van der Waals surface area (Å²) >= 11 is 0. The van der Waals surface area contributed by atoms with Gasteiger partial charge in [0, 0.05) is 32.6 Å². The Morgan fingerprint density at radius 3 is 2.35 bits per heavy atom. The molecule has 7 heteroatoms. The number of primary amides is 1. The number of carboxylic acids is 1. The van der Waals surface area contributed by atoms with Crippen molar-refractivity contribution in [1.29, 1.82) is 0 Å². The molecule has 0 saturated carbocycles. The summed E-state index contributed by atoms with van der Waals surface area (Å²) in [5.74, 6) is -0.950. The molecule has 1 fully saturated rings. The second-order valence-electron chi connectivity index (χ2n) is 5.11. The Morgan fingerprint density at radius 2 is 1.90 bits per heavy atom. The van der Waals surface area contributed by atoms with Crippen LogP contribution in [-0.4, -0.2) is 59.0 Å². The maximum Gasteiger partial charge on any atom is 0.320 e. The van der Waals surface area contributed by atoms with Crippen LogP contribution < -0.4 is 5.73 Å². The zero-order valence-electron chi connectivity index (χ0n) is 11.9. The summed E-state index contributed by atoms with van der Waals surface area (Å²) in [5, 5.41) is 8.67. The van der Waals surface area contributed by atoms with Gasteiger partial charge in [-0.3, -0.25) is 9.59 Å². The molecule has 1 heterocycles. The van der Waals surface area contributed by atoms with E-state index in [0.717, 1.165) is 12.8 Å². The van der Waals surface area contributed by atoms with Crippen molar-refractivity contribution in [2.45, 2.75) is 32.6 Å². The predicted octanol–water partition coefficient (Wildman–Crippen LogP) is 0.490. The van der Waals surface area contributed by atoms with E-state index in [1.807, 2.05) is 6.92 Å². The lowest BCUT2D eigenvalue weighted by atomic mass is 9.93. The smallest absolute Gasteiger partial charge is 0.320 e. The molecular weight excluding hydrogens is 262 g/mol. The minimum absolute atomic E-state index is 0.0439. The van der Waals surface area contributed by atoms with Gasteiger partial charge in [0.05, 0.1) is 6.42 Å². The Balaban J connectivity index is 2.43. The van der Waals surface area contributed by atoms with Crippen molar-refractivity contribution in [2.24, 2.45) is 11.7 Å². The minimum atomic E-state index is -0.906. The van der Waals surface area contributed by atoms with Crippen LogP contribution in [0.4, 0.5) is 4.79 Å². The SMILES string of the molecule is CCN(CCC(=O)O)C(=O)N1CCC(CC(N)=O)CC1. The van der Waals surface area contributed by atoms with Crippen LogP contribution in [0.3, 0.4) is 0 Å². The summed E-state index contributed by atoms with van der Waals surface area (Å²) in [5.41, 5.74) is 5.17. The number of carboxylic acid groups (broad SMARTS) is 1. The lowest BCUT2D eigenvalue weighted by Crippen LogP contribution is -2.47. The number of nitrogens with two attached hydrogens (primary N) is 1. The highest BCUT2D eigenvalue weighted by molar-refractivity contribution is 5.76. The summed E-state index contributed by atoms with van der Waals surface area (Å²) in [6.45, 7) is 3.75. The molecule has 0 aliphatic carbocycles. The number of nitrogens with zero attached hydrogens (tertiary/aromatic N) is 2. The molecule has 0 atom stereocenters. The zero-order chi connectivity index (χ0) is 15.1. The van der Waals surface area contributed by atoms with Gasteiger partial charge in [-0.2, -0.15) is 0 Å². The van der Waals surface area contributed by atoms with Gasteiger partial charge in [-0.05, 0) is 25.7 Å². The Kier molecular flexibility index (Phi) is 6.27. The fourth-order valence-electron chi connectivity index (χ4n) is 2.43. The number of amides is 3. The first-order chi connectivity index (χ1) is 9.43. The molecule has 3 amide bonds. The first-order valence-corrected chi connectivity index (χ1v) is 6.98. The maximum atomic E-state index is 12.2. The molecule has 0 aromatic heterocycles. The second kappa shape index (κ2) is 7.72. The van der Waals surface area contributed by atoms with Crippen LogP contribution in [0.15, 0.2) is 0 Å².